The van der Waals surface area contributed by atoms with Crippen molar-refractivity contribution in [3.05, 3.63) is 58.7 Å². The number of hydrogen-bond acceptors (Lipinski definition) is 0. The summed E-state index contributed by atoms with van der Waals surface area (Å²) in [6, 6.07) is 14.1. The number of rotatable bonds is 4. The van der Waals surface area contributed by atoms with E-state index >= 15 is 0 Å². The minimum atomic E-state index is 0.766. The molecule has 0 bridgehead atoms. The molecule has 132 valence electrons. The lowest BCUT2D eigenvalue weighted by atomic mass is 9.48. The van der Waals surface area contributed by atoms with Gasteiger partial charge < -0.3 is 0 Å². The first kappa shape index (κ1) is 16.9. The van der Waals surface area contributed by atoms with E-state index in [0.29, 0.717) is 0 Å². The molecular weight excluding hydrogens is 300 g/mol. The highest BCUT2D eigenvalue weighted by Gasteiger charge is 2.50. The molecule has 2 saturated carbocycles. The van der Waals surface area contributed by atoms with Crippen molar-refractivity contribution in [1.29, 1.82) is 0 Å². The van der Waals surface area contributed by atoms with Crippen molar-refractivity contribution in [2.45, 2.75) is 66.2 Å². The molecule has 2 aliphatic rings. The normalized spacial score (nSPS) is 27.8. The molecule has 4 rings (SSSR count). The van der Waals surface area contributed by atoms with Crippen molar-refractivity contribution >= 4 is 0 Å². The second-order valence-electron chi connectivity index (χ2n) is 9.19. The smallest absolute Gasteiger partial charge is 0.0179 e. The Labute approximate surface area is 153 Å². The minimum absolute atomic E-state index is 0.766. The molecule has 0 radical (unpaired) electrons. The summed E-state index contributed by atoms with van der Waals surface area (Å²) in [7, 11) is 0. The highest BCUT2D eigenvalue weighted by molar-refractivity contribution is 5.66. The topological polar surface area (TPSA) is 0 Å². The molecule has 0 unspecified atom stereocenters. The average molecular weight is 333 g/mol. The lowest BCUT2D eigenvalue weighted by molar-refractivity contribution is -0.0612. The molecule has 2 fully saturated rings. The standard InChI is InChI=1S/C25H32/c1-5-20-8-17(2)9-24(10-20)22-7-6-19(4)23(12-22)11-21-15-25(16-21)13-18(3)14-25/h6-10,12,18,21H,5,11,13-16H2,1-4H3. The molecule has 2 aromatic rings. The molecule has 25 heavy (non-hydrogen) atoms. The Bertz CT molecular complexity index is 769. The van der Waals surface area contributed by atoms with Crippen LogP contribution in [0.3, 0.4) is 0 Å². The van der Waals surface area contributed by atoms with Crippen molar-refractivity contribution in [3.63, 3.8) is 0 Å². The molecule has 0 heteroatoms. The summed E-state index contributed by atoms with van der Waals surface area (Å²) in [5.74, 6) is 1.91. The van der Waals surface area contributed by atoms with E-state index in [1.54, 1.807) is 5.56 Å². The number of aryl methyl sites for hydroxylation is 3. The maximum absolute atomic E-state index is 2.47. The first-order valence-corrected chi connectivity index (χ1v) is 10.2. The third-order valence-electron chi connectivity index (χ3n) is 6.74. The summed E-state index contributed by atoms with van der Waals surface area (Å²) in [4.78, 5) is 0. The Hall–Kier alpha value is -1.56. The van der Waals surface area contributed by atoms with Gasteiger partial charge in [0.2, 0.25) is 0 Å². The molecule has 0 atom stereocenters. The Morgan fingerprint density at radius 3 is 2.36 bits per heavy atom. The van der Waals surface area contributed by atoms with Crippen molar-refractivity contribution in [2.75, 3.05) is 0 Å². The molecule has 0 aliphatic heterocycles. The van der Waals surface area contributed by atoms with Gasteiger partial charge in [-0.1, -0.05) is 55.8 Å². The fraction of sp³-hybridized carbons (Fsp3) is 0.520. The number of hydrogen-bond donors (Lipinski definition) is 0. The average Bonchev–Trinajstić information content (AvgIpc) is 2.52. The third kappa shape index (κ3) is 3.28. The molecule has 0 aromatic heterocycles. The van der Waals surface area contributed by atoms with Gasteiger partial charge in [0.1, 0.15) is 0 Å². The van der Waals surface area contributed by atoms with E-state index in [1.807, 2.05) is 0 Å². The monoisotopic (exact) mass is 332 g/mol. The van der Waals surface area contributed by atoms with Crippen LogP contribution in [-0.4, -0.2) is 0 Å². The highest BCUT2D eigenvalue weighted by Crippen LogP contribution is 2.61. The highest BCUT2D eigenvalue weighted by atomic mass is 14.6. The zero-order chi connectivity index (χ0) is 17.6. The molecular formula is C25H32. The molecule has 2 aromatic carbocycles. The molecule has 0 heterocycles. The maximum atomic E-state index is 2.47. The first-order chi connectivity index (χ1) is 12.0. The van der Waals surface area contributed by atoms with Crippen LogP contribution < -0.4 is 0 Å². The van der Waals surface area contributed by atoms with Crippen molar-refractivity contribution < 1.29 is 0 Å². The largest absolute Gasteiger partial charge is 0.0625 e. The Balaban J connectivity index is 1.52. The van der Waals surface area contributed by atoms with Crippen LogP contribution in [0.15, 0.2) is 36.4 Å². The van der Waals surface area contributed by atoms with E-state index in [2.05, 4.69) is 64.1 Å². The van der Waals surface area contributed by atoms with Gasteiger partial charge in [0.25, 0.3) is 0 Å². The van der Waals surface area contributed by atoms with Crippen LogP contribution in [0.2, 0.25) is 0 Å². The number of benzene rings is 2. The van der Waals surface area contributed by atoms with Gasteiger partial charge in [0.05, 0.1) is 0 Å². The lowest BCUT2D eigenvalue weighted by Gasteiger charge is -2.57. The zero-order valence-electron chi connectivity index (χ0n) is 16.4. The molecule has 1 spiro atoms. The van der Waals surface area contributed by atoms with Gasteiger partial charge in [-0.05, 0) is 97.4 Å². The Morgan fingerprint density at radius 2 is 1.68 bits per heavy atom. The quantitative estimate of drug-likeness (QED) is 0.571. The molecule has 0 saturated heterocycles. The predicted octanol–water partition coefficient (Wildman–Crippen LogP) is 6.90. The second kappa shape index (κ2) is 6.31. The van der Waals surface area contributed by atoms with Gasteiger partial charge in [-0.15, -0.1) is 0 Å². The summed E-state index contributed by atoms with van der Waals surface area (Å²) in [6.07, 6.45) is 8.33. The fourth-order valence-corrected chi connectivity index (χ4v) is 5.68. The second-order valence-corrected chi connectivity index (χ2v) is 9.19. The third-order valence-corrected chi connectivity index (χ3v) is 6.74. The predicted molar refractivity (Wildman–Crippen MR) is 108 cm³/mol. The summed E-state index contributed by atoms with van der Waals surface area (Å²) >= 11 is 0. The van der Waals surface area contributed by atoms with E-state index in [1.165, 1.54) is 59.9 Å². The Kier molecular flexibility index (Phi) is 4.26. The van der Waals surface area contributed by atoms with E-state index < -0.39 is 0 Å². The maximum Gasteiger partial charge on any atom is -0.0179 e. The van der Waals surface area contributed by atoms with Crippen LogP contribution >= 0.6 is 0 Å². The molecule has 0 nitrogen and oxygen atoms in total. The van der Waals surface area contributed by atoms with E-state index in [0.717, 1.165) is 23.7 Å². The molecule has 2 aliphatic carbocycles. The summed E-state index contributed by atoms with van der Waals surface area (Å²) in [5, 5.41) is 0. The minimum Gasteiger partial charge on any atom is -0.0625 e. The summed E-state index contributed by atoms with van der Waals surface area (Å²) < 4.78 is 0. The van der Waals surface area contributed by atoms with Gasteiger partial charge in [-0.2, -0.15) is 0 Å². The molecule has 0 amide bonds. The van der Waals surface area contributed by atoms with E-state index in [9.17, 15) is 0 Å². The van der Waals surface area contributed by atoms with E-state index in [4.69, 9.17) is 0 Å². The van der Waals surface area contributed by atoms with Crippen molar-refractivity contribution in [1.82, 2.24) is 0 Å². The summed E-state index contributed by atoms with van der Waals surface area (Å²) in [5.41, 5.74) is 9.40. The summed E-state index contributed by atoms with van der Waals surface area (Å²) in [6.45, 7) is 9.16. The van der Waals surface area contributed by atoms with Crippen LogP contribution in [0.1, 0.15) is 61.8 Å². The van der Waals surface area contributed by atoms with Gasteiger partial charge in [-0.25, -0.2) is 0 Å². The lowest BCUT2D eigenvalue weighted by Crippen LogP contribution is -2.47. The van der Waals surface area contributed by atoms with Crippen LogP contribution in [0.25, 0.3) is 11.1 Å². The van der Waals surface area contributed by atoms with Gasteiger partial charge >= 0.3 is 0 Å². The molecule has 0 N–H and O–H groups in total. The van der Waals surface area contributed by atoms with Gasteiger partial charge in [0, 0.05) is 0 Å². The van der Waals surface area contributed by atoms with Gasteiger partial charge in [0.15, 0.2) is 0 Å². The fourth-order valence-electron chi connectivity index (χ4n) is 5.68. The van der Waals surface area contributed by atoms with Crippen molar-refractivity contribution in [3.8, 4) is 11.1 Å². The van der Waals surface area contributed by atoms with Gasteiger partial charge in [-0.3, -0.25) is 0 Å². The van der Waals surface area contributed by atoms with Crippen molar-refractivity contribution in [2.24, 2.45) is 17.3 Å². The van der Waals surface area contributed by atoms with Crippen LogP contribution in [0.4, 0.5) is 0 Å². The van der Waals surface area contributed by atoms with Crippen LogP contribution in [0, 0.1) is 31.1 Å². The van der Waals surface area contributed by atoms with Crippen LogP contribution in [0.5, 0.6) is 0 Å². The SMILES string of the molecule is CCc1cc(C)cc(-c2ccc(C)c(CC3CC4(CC(C)C4)C3)c2)c1. The Morgan fingerprint density at radius 1 is 0.920 bits per heavy atom. The van der Waals surface area contributed by atoms with Crippen LogP contribution in [-0.2, 0) is 12.8 Å². The first-order valence-electron chi connectivity index (χ1n) is 10.2. The van der Waals surface area contributed by atoms with E-state index in [-0.39, 0.29) is 0 Å². The zero-order valence-corrected chi connectivity index (χ0v) is 16.4.